The highest BCUT2D eigenvalue weighted by Gasteiger charge is 2.09. The third-order valence-corrected chi connectivity index (χ3v) is 1.75. The van der Waals surface area contributed by atoms with E-state index < -0.39 is 5.75 Å². The number of aromatic hydroxyl groups is 3. The second-order valence-electron chi connectivity index (χ2n) is 2.51. The molecule has 0 amide bonds. The molecule has 0 fully saturated rings. The highest BCUT2D eigenvalue weighted by Crippen LogP contribution is 2.37. The fraction of sp³-hybridized carbons (Fsp3) is 0. The minimum absolute atomic E-state index is 0.306. The van der Waals surface area contributed by atoms with Crippen LogP contribution in [0, 0.1) is 0 Å². The van der Waals surface area contributed by atoms with Crippen LogP contribution in [0.4, 0.5) is 0 Å². The van der Waals surface area contributed by atoms with Crippen LogP contribution < -0.4 is 0 Å². The van der Waals surface area contributed by atoms with Crippen molar-refractivity contribution in [2.45, 2.75) is 0 Å². The van der Waals surface area contributed by atoms with Gasteiger partial charge >= 0.3 is 0 Å². The summed E-state index contributed by atoms with van der Waals surface area (Å²) in [5, 5.41) is 27.5. The molecule has 0 saturated carbocycles. The first kappa shape index (κ1) is 6.84. The molecule has 0 bridgehead atoms. The molecule has 2 aromatic rings. The minimum Gasteiger partial charge on any atom is -0.503 e. The molecule has 62 valence electrons. The summed E-state index contributed by atoms with van der Waals surface area (Å²) < 4.78 is 1.52. The summed E-state index contributed by atoms with van der Waals surface area (Å²) in [6.45, 7) is 0. The van der Waals surface area contributed by atoms with Crippen LogP contribution >= 0.6 is 0 Å². The van der Waals surface area contributed by atoms with Gasteiger partial charge in [-0.15, -0.1) is 0 Å². The summed E-state index contributed by atoms with van der Waals surface area (Å²) in [4.78, 5) is 0. The molecule has 3 N–H and O–H groups in total. The Kier molecular flexibility index (Phi) is 1.18. The number of rotatable bonds is 0. The molecule has 0 aliphatic rings. The Morgan fingerprint density at radius 3 is 2.58 bits per heavy atom. The van der Waals surface area contributed by atoms with Gasteiger partial charge in [0.2, 0.25) is 5.75 Å². The van der Waals surface area contributed by atoms with E-state index in [2.05, 4.69) is 0 Å². The Labute approximate surface area is 67.9 Å². The van der Waals surface area contributed by atoms with Crippen LogP contribution in [0.25, 0.3) is 5.52 Å². The number of nitrogens with zero attached hydrogens (tertiary/aromatic N) is 1. The first-order chi connectivity index (χ1) is 5.70. The van der Waals surface area contributed by atoms with Crippen molar-refractivity contribution in [3.63, 3.8) is 0 Å². The highest BCUT2D eigenvalue weighted by atomic mass is 16.3. The van der Waals surface area contributed by atoms with Crippen molar-refractivity contribution in [3.05, 3.63) is 24.5 Å². The summed E-state index contributed by atoms with van der Waals surface area (Å²) in [6, 6.07) is 3.34. The van der Waals surface area contributed by atoms with Crippen LogP contribution in [-0.2, 0) is 0 Å². The van der Waals surface area contributed by atoms with E-state index in [1.165, 1.54) is 10.6 Å². The van der Waals surface area contributed by atoms with Gasteiger partial charge in [-0.3, -0.25) is 0 Å². The molecule has 0 unspecified atom stereocenters. The lowest BCUT2D eigenvalue weighted by Crippen LogP contribution is -1.82. The molecule has 0 aliphatic heterocycles. The van der Waals surface area contributed by atoms with Gasteiger partial charge in [-0.25, -0.2) is 0 Å². The van der Waals surface area contributed by atoms with E-state index in [1.54, 1.807) is 18.3 Å². The lowest BCUT2D eigenvalue weighted by Gasteiger charge is -2.02. The van der Waals surface area contributed by atoms with Crippen molar-refractivity contribution >= 4 is 5.52 Å². The first-order valence-corrected chi connectivity index (χ1v) is 3.40. The second kappa shape index (κ2) is 2.07. The predicted molar refractivity (Wildman–Crippen MR) is 42.4 cm³/mol. The zero-order valence-electron chi connectivity index (χ0n) is 6.10. The van der Waals surface area contributed by atoms with Gasteiger partial charge in [-0.2, -0.15) is 0 Å². The maximum absolute atomic E-state index is 9.30. The molecule has 0 saturated heterocycles. The zero-order valence-corrected chi connectivity index (χ0v) is 6.10. The molecule has 2 rings (SSSR count). The van der Waals surface area contributed by atoms with E-state index >= 15 is 0 Å². The van der Waals surface area contributed by atoms with Crippen LogP contribution in [0.5, 0.6) is 17.2 Å². The summed E-state index contributed by atoms with van der Waals surface area (Å²) in [5.41, 5.74) is 0.463. The van der Waals surface area contributed by atoms with Gasteiger partial charge in [-0.1, -0.05) is 0 Å². The summed E-state index contributed by atoms with van der Waals surface area (Å²) in [7, 11) is 0. The van der Waals surface area contributed by atoms with Gasteiger partial charge in [-0.05, 0) is 12.1 Å². The molecular formula is C8H7NO3. The predicted octanol–water partition coefficient (Wildman–Crippen LogP) is 1.06. The third-order valence-electron chi connectivity index (χ3n) is 1.75. The van der Waals surface area contributed by atoms with Crippen molar-refractivity contribution < 1.29 is 15.3 Å². The fourth-order valence-corrected chi connectivity index (χ4v) is 1.14. The molecule has 0 radical (unpaired) electrons. The van der Waals surface area contributed by atoms with Crippen LogP contribution in [0.15, 0.2) is 24.5 Å². The summed E-state index contributed by atoms with van der Waals surface area (Å²) in [6.07, 6.45) is 2.98. The second-order valence-corrected chi connectivity index (χ2v) is 2.51. The number of fused-ring (bicyclic) bond motifs is 1. The molecule has 4 nitrogen and oxygen atoms in total. The fourth-order valence-electron chi connectivity index (χ4n) is 1.14. The average molecular weight is 165 g/mol. The van der Waals surface area contributed by atoms with Crippen LogP contribution in [0.1, 0.15) is 0 Å². The Morgan fingerprint density at radius 1 is 1.08 bits per heavy atom. The SMILES string of the molecule is Oc1cn2cccc2c(O)c1O. The van der Waals surface area contributed by atoms with Crippen molar-refractivity contribution in [2.75, 3.05) is 0 Å². The van der Waals surface area contributed by atoms with E-state index in [1.807, 2.05) is 0 Å². The van der Waals surface area contributed by atoms with Crippen LogP contribution in [-0.4, -0.2) is 19.7 Å². The Balaban J connectivity index is 2.94. The number of hydrogen-bond donors (Lipinski definition) is 3. The minimum atomic E-state index is -0.485. The molecule has 2 heterocycles. The van der Waals surface area contributed by atoms with Crippen LogP contribution in [0.3, 0.4) is 0 Å². The van der Waals surface area contributed by atoms with E-state index in [-0.39, 0.29) is 11.5 Å². The van der Waals surface area contributed by atoms with E-state index in [0.29, 0.717) is 5.52 Å². The Bertz CT molecular complexity index is 433. The summed E-state index contributed by atoms with van der Waals surface area (Å²) >= 11 is 0. The molecular weight excluding hydrogens is 158 g/mol. The normalized spacial score (nSPS) is 10.7. The quantitative estimate of drug-likeness (QED) is 0.546. The highest BCUT2D eigenvalue weighted by molar-refractivity contribution is 5.68. The molecule has 0 spiro atoms. The number of hydrogen-bond acceptors (Lipinski definition) is 3. The van der Waals surface area contributed by atoms with E-state index in [4.69, 9.17) is 10.2 Å². The number of pyridine rings is 1. The van der Waals surface area contributed by atoms with Gasteiger partial charge in [0.25, 0.3) is 0 Å². The topological polar surface area (TPSA) is 65.1 Å². The monoisotopic (exact) mass is 165 g/mol. The maximum atomic E-state index is 9.30. The smallest absolute Gasteiger partial charge is 0.204 e. The van der Waals surface area contributed by atoms with Gasteiger partial charge in [0.15, 0.2) is 11.5 Å². The van der Waals surface area contributed by atoms with E-state index in [9.17, 15) is 5.11 Å². The van der Waals surface area contributed by atoms with Crippen molar-refractivity contribution in [2.24, 2.45) is 0 Å². The van der Waals surface area contributed by atoms with E-state index in [0.717, 1.165) is 0 Å². The largest absolute Gasteiger partial charge is 0.503 e. The standard InChI is InChI=1S/C8H7NO3/c10-6-4-9-3-1-2-5(9)7(11)8(6)12/h1-4,10-12H. The first-order valence-electron chi connectivity index (χ1n) is 3.40. The Hall–Kier alpha value is -1.84. The summed E-state index contributed by atoms with van der Waals surface area (Å²) in [5.74, 6) is -1.13. The lowest BCUT2D eigenvalue weighted by molar-refractivity contribution is 0.367. The van der Waals surface area contributed by atoms with Crippen molar-refractivity contribution in [1.29, 1.82) is 0 Å². The van der Waals surface area contributed by atoms with Crippen molar-refractivity contribution in [1.82, 2.24) is 4.40 Å². The third kappa shape index (κ3) is 0.717. The number of aromatic nitrogens is 1. The maximum Gasteiger partial charge on any atom is 0.204 e. The average Bonchev–Trinajstić information content (AvgIpc) is 2.48. The van der Waals surface area contributed by atoms with Crippen molar-refractivity contribution in [3.8, 4) is 17.2 Å². The van der Waals surface area contributed by atoms with Gasteiger partial charge < -0.3 is 19.7 Å². The zero-order chi connectivity index (χ0) is 8.72. The lowest BCUT2D eigenvalue weighted by atomic mass is 10.3. The van der Waals surface area contributed by atoms with Gasteiger partial charge in [0.1, 0.15) is 0 Å². The molecule has 0 aliphatic carbocycles. The van der Waals surface area contributed by atoms with Gasteiger partial charge in [0.05, 0.1) is 11.7 Å². The molecule has 2 aromatic heterocycles. The van der Waals surface area contributed by atoms with Gasteiger partial charge in [0, 0.05) is 6.20 Å². The molecule has 12 heavy (non-hydrogen) atoms. The molecule has 0 atom stereocenters. The molecule has 4 heteroatoms. The Morgan fingerprint density at radius 2 is 1.83 bits per heavy atom. The van der Waals surface area contributed by atoms with Crippen LogP contribution in [0.2, 0.25) is 0 Å². The molecule has 0 aromatic carbocycles.